The van der Waals surface area contributed by atoms with Gasteiger partial charge in [-0.3, -0.25) is 9.69 Å². The van der Waals surface area contributed by atoms with Gasteiger partial charge in [0.25, 0.3) is 5.91 Å². The predicted molar refractivity (Wildman–Crippen MR) is 102 cm³/mol. The molecule has 1 amide bonds. The SMILES string of the molecule is CC(C)C1Oc2ccc(N)nc2N(CCCOc2ccc(Cl)cc2)C1=O. The number of nitrogens with two attached hydrogens (primary N) is 1. The molecule has 0 bridgehead atoms. The van der Waals surface area contributed by atoms with Crippen LogP contribution in [0.25, 0.3) is 0 Å². The minimum absolute atomic E-state index is 0.0565. The summed E-state index contributed by atoms with van der Waals surface area (Å²) in [5, 5.41) is 0.663. The first-order chi connectivity index (χ1) is 12.5. The highest BCUT2D eigenvalue weighted by atomic mass is 35.5. The largest absolute Gasteiger partial charge is 0.494 e. The molecule has 1 aromatic carbocycles. The first-order valence-corrected chi connectivity index (χ1v) is 8.96. The lowest BCUT2D eigenvalue weighted by Crippen LogP contribution is -2.49. The van der Waals surface area contributed by atoms with E-state index in [4.69, 9.17) is 26.8 Å². The third-order valence-electron chi connectivity index (χ3n) is 4.09. The summed E-state index contributed by atoms with van der Waals surface area (Å²) in [6, 6.07) is 10.6. The van der Waals surface area contributed by atoms with E-state index in [1.165, 1.54) is 0 Å². The molecule has 2 aromatic rings. The molecule has 0 saturated carbocycles. The summed E-state index contributed by atoms with van der Waals surface area (Å²) in [6.07, 6.45) is 0.125. The fourth-order valence-corrected chi connectivity index (χ4v) is 2.89. The van der Waals surface area contributed by atoms with E-state index in [2.05, 4.69) is 4.98 Å². The van der Waals surface area contributed by atoms with E-state index in [9.17, 15) is 4.79 Å². The van der Waals surface area contributed by atoms with Crippen LogP contribution in [0.2, 0.25) is 5.02 Å². The Morgan fingerprint density at radius 3 is 2.69 bits per heavy atom. The third kappa shape index (κ3) is 4.02. The molecule has 0 radical (unpaired) electrons. The van der Waals surface area contributed by atoms with Gasteiger partial charge >= 0.3 is 0 Å². The Bertz CT molecular complexity index is 780. The standard InChI is InChI=1S/C19H22ClN3O3/c1-12(2)17-19(24)23(18-15(26-17)8-9-16(21)22-18)10-3-11-25-14-6-4-13(20)5-7-14/h4-9,12,17H,3,10-11H2,1-2H3,(H2,21,22). The predicted octanol–water partition coefficient (Wildman–Crippen LogP) is 3.54. The quantitative estimate of drug-likeness (QED) is 0.781. The number of nitrogen functional groups attached to an aromatic ring is 1. The topological polar surface area (TPSA) is 77.7 Å². The smallest absolute Gasteiger partial charge is 0.269 e. The number of hydrogen-bond acceptors (Lipinski definition) is 5. The van der Waals surface area contributed by atoms with Crippen molar-refractivity contribution in [1.29, 1.82) is 0 Å². The van der Waals surface area contributed by atoms with Crippen molar-refractivity contribution in [3.8, 4) is 11.5 Å². The van der Waals surface area contributed by atoms with Crippen molar-refractivity contribution in [1.82, 2.24) is 4.98 Å². The summed E-state index contributed by atoms with van der Waals surface area (Å²) in [6.45, 7) is 4.86. The minimum atomic E-state index is -0.523. The number of hydrogen-bond donors (Lipinski definition) is 1. The molecular weight excluding hydrogens is 354 g/mol. The van der Waals surface area contributed by atoms with Crippen LogP contribution >= 0.6 is 11.6 Å². The number of fused-ring (bicyclic) bond motifs is 1. The van der Waals surface area contributed by atoms with Crippen LogP contribution in [-0.2, 0) is 4.79 Å². The zero-order chi connectivity index (χ0) is 18.7. The molecule has 138 valence electrons. The van der Waals surface area contributed by atoms with Gasteiger partial charge in [0.15, 0.2) is 17.7 Å². The number of ether oxygens (including phenoxy) is 2. The first kappa shape index (κ1) is 18.3. The summed E-state index contributed by atoms with van der Waals surface area (Å²) in [5.74, 6) is 2.10. The minimum Gasteiger partial charge on any atom is -0.494 e. The lowest BCUT2D eigenvalue weighted by atomic mass is 10.0. The van der Waals surface area contributed by atoms with E-state index in [1.807, 2.05) is 26.0 Å². The summed E-state index contributed by atoms with van der Waals surface area (Å²) in [4.78, 5) is 18.7. The molecule has 7 heteroatoms. The third-order valence-corrected chi connectivity index (χ3v) is 4.35. The molecule has 0 aliphatic carbocycles. The number of rotatable bonds is 6. The normalized spacial score (nSPS) is 16.4. The summed E-state index contributed by atoms with van der Waals surface area (Å²) < 4.78 is 11.5. The molecular formula is C19H22ClN3O3. The zero-order valence-electron chi connectivity index (χ0n) is 14.8. The van der Waals surface area contributed by atoms with Crippen LogP contribution in [0.1, 0.15) is 20.3 Å². The molecule has 0 fully saturated rings. The average molecular weight is 376 g/mol. The van der Waals surface area contributed by atoms with E-state index >= 15 is 0 Å². The number of benzene rings is 1. The number of amides is 1. The van der Waals surface area contributed by atoms with Gasteiger partial charge in [0.1, 0.15) is 11.6 Å². The maximum Gasteiger partial charge on any atom is 0.269 e. The molecule has 0 saturated heterocycles. The van der Waals surface area contributed by atoms with Crippen LogP contribution in [0.3, 0.4) is 0 Å². The highest BCUT2D eigenvalue weighted by Crippen LogP contribution is 2.34. The van der Waals surface area contributed by atoms with Gasteiger partial charge in [-0.25, -0.2) is 4.98 Å². The Morgan fingerprint density at radius 1 is 1.27 bits per heavy atom. The number of aromatic nitrogens is 1. The Labute approximate surface area is 157 Å². The summed E-state index contributed by atoms with van der Waals surface area (Å²) >= 11 is 5.86. The lowest BCUT2D eigenvalue weighted by Gasteiger charge is -2.35. The molecule has 1 aliphatic rings. The van der Waals surface area contributed by atoms with Crippen LogP contribution in [0.5, 0.6) is 11.5 Å². The van der Waals surface area contributed by atoms with Crippen molar-refractivity contribution in [2.75, 3.05) is 23.8 Å². The van der Waals surface area contributed by atoms with Gasteiger partial charge in [0.2, 0.25) is 0 Å². The van der Waals surface area contributed by atoms with Crippen molar-refractivity contribution < 1.29 is 14.3 Å². The molecule has 6 nitrogen and oxygen atoms in total. The van der Waals surface area contributed by atoms with Crippen LogP contribution in [0.15, 0.2) is 36.4 Å². The Hall–Kier alpha value is -2.47. The van der Waals surface area contributed by atoms with Crippen molar-refractivity contribution in [3.05, 3.63) is 41.4 Å². The van der Waals surface area contributed by atoms with Gasteiger partial charge in [-0.1, -0.05) is 25.4 Å². The maximum absolute atomic E-state index is 12.8. The highest BCUT2D eigenvalue weighted by Gasteiger charge is 2.37. The number of pyridine rings is 1. The van der Waals surface area contributed by atoms with Crippen molar-refractivity contribution in [2.45, 2.75) is 26.4 Å². The van der Waals surface area contributed by atoms with Crippen molar-refractivity contribution in [2.24, 2.45) is 5.92 Å². The van der Waals surface area contributed by atoms with Crippen LogP contribution in [-0.4, -0.2) is 30.1 Å². The van der Waals surface area contributed by atoms with Gasteiger partial charge < -0.3 is 15.2 Å². The summed E-state index contributed by atoms with van der Waals surface area (Å²) in [7, 11) is 0. The molecule has 2 heterocycles. The molecule has 1 atom stereocenters. The highest BCUT2D eigenvalue weighted by molar-refractivity contribution is 6.30. The molecule has 3 rings (SSSR count). The summed E-state index contributed by atoms with van der Waals surface area (Å²) in [5.41, 5.74) is 5.79. The second-order valence-corrected chi connectivity index (χ2v) is 6.92. The fraction of sp³-hybridized carbons (Fsp3) is 0.368. The molecule has 1 aromatic heterocycles. The maximum atomic E-state index is 12.8. The van der Waals surface area contributed by atoms with Crippen LogP contribution in [0, 0.1) is 5.92 Å². The molecule has 1 unspecified atom stereocenters. The average Bonchev–Trinajstić information content (AvgIpc) is 2.61. The molecule has 26 heavy (non-hydrogen) atoms. The van der Waals surface area contributed by atoms with Gasteiger partial charge in [0, 0.05) is 11.6 Å². The van der Waals surface area contributed by atoms with Crippen molar-refractivity contribution in [3.63, 3.8) is 0 Å². The number of carbonyl (C=O) groups is 1. The Balaban J connectivity index is 1.67. The fourth-order valence-electron chi connectivity index (χ4n) is 2.76. The monoisotopic (exact) mass is 375 g/mol. The van der Waals surface area contributed by atoms with Gasteiger partial charge in [0.05, 0.1) is 6.61 Å². The lowest BCUT2D eigenvalue weighted by molar-refractivity contribution is -0.128. The molecule has 0 spiro atoms. The van der Waals surface area contributed by atoms with E-state index in [-0.39, 0.29) is 11.8 Å². The van der Waals surface area contributed by atoms with Crippen molar-refractivity contribution >= 4 is 29.1 Å². The second kappa shape index (κ2) is 7.83. The second-order valence-electron chi connectivity index (χ2n) is 6.49. The van der Waals surface area contributed by atoms with E-state index in [0.717, 1.165) is 5.75 Å². The molecule has 1 aliphatic heterocycles. The Morgan fingerprint density at radius 2 is 2.00 bits per heavy atom. The van der Waals surface area contributed by atoms with Gasteiger partial charge in [-0.05, 0) is 48.7 Å². The van der Waals surface area contributed by atoms with Gasteiger partial charge in [-0.2, -0.15) is 0 Å². The Kier molecular flexibility index (Phi) is 5.52. The van der Waals surface area contributed by atoms with Crippen LogP contribution in [0.4, 0.5) is 11.6 Å². The van der Waals surface area contributed by atoms with E-state index in [0.29, 0.717) is 42.0 Å². The number of nitrogens with zero attached hydrogens (tertiary/aromatic N) is 2. The number of halogens is 1. The van der Waals surface area contributed by atoms with E-state index < -0.39 is 6.10 Å². The van der Waals surface area contributed by atoms with Crippen LogP contribution < -0.4 is 20.1 Å². The van der Waals surface area contributed by atoms with Gasteiger partial charge in [-0.15, -0.1) is 0 Å². The number of carbonyl (C=O) groups excluding carboxylic acids is 1. The first-order valence-electron chi connectivity index (χ1n) is 8.58. The zero-order valence-corrected chi connectivity index (χ0v) is 15.6. The molecule has 2 N–H and O–H groups in total. The number of anilines is 2. The van der Waals surface area contributed by atoms with E-state index in [1.54, 1.807) is 29.2 Å².